The molecule has 1 fully saturated rings. The van der Waals surface area contributed by atoms with Crippen molar-refractivity contribution in [3.05, 3.63) is 35.6 Å². The maximum absolute atomic E-state index is 13.8. The highest BCUT2D eigenvalue weighted by Crippen LogP contribution is 2.30. The van der Waals surface area contributed by atoms with E-state index in [9.17, 15) is 18.0 Å². The minimum absolute atomic E-state index is 0.0561. The number of nitrogens with zero attached hydrogens (tertiary/aromatic N) is 1. The van der Waals surface area contributed by atoms with Crippen molar-refractivity contribution >= 4 is 5.91 Å². The monoisotopic (exact) mass is 286 g/mol. The number of alkyl halides is 2. The Morgan fingerprint density at radius 3 is 2.50 bits per heavy atom. The molecule has 6 heteroatoms. The Balaban J connectivity index is 2.34. The molecule has 1 N–H and O–H groups in total. The fourth-order valence-electron chi connectivity index (χ4n) is 2.41. The van der Waals surface area contributed by atoms with E-state index < -0.39 is 36.9 Å². The van der Waals surface area contributed by atoms with E-state index in [-0.39, 0.29) is 11.5 Å². The zero-order valence-electron chi connectivity index (χ0n) is 11.3. The number of hydrogen-bond acceptors (Lipinski definition) is 2. The van der Waals surface area contributed by atoms with Crippen molar-refractivity contribution in [3.8, 4) is 0 Å². The SMILES string of the molecule is CC(C)C1NC(c2ccccc2F)N(CC(F)F)C1=O. The van der Waals surface area contributed by atoms with Crippen molar-refractivity contribution < 1.29 is 18.0 Å². The number of rotatable bonds is 4. The van der Waals surface area contributed by atoms with Gasteiger partial charge in [-0.1, -0.05) is 32.0 Å². The van der Waals surface area contributed by atoms with E-state index in [2.05, 4.69) is 5.32 Å². The lowest BCUT2D eigenvalue weighted by Crippen LogP contribution is -2.36. The van der Waals surface area contributed by atoms with Crippen LogP contribution in [-0.4, -0.2) is 29.8 Å². The molecular formula is C14H17F3N2O. The third-order valence-electron chi connectivity index (χ3n) is 3.40. The molecule has 0 aliphatic carbocycles. The third kappa shape index (κ3) is 2.80. The molecule has 1 heterocycles. The summed E-state index contributed by atoms with van der Waals surface area (Å²) in [5, 5.41) is 2.96. The van der Waals surface area contributed by atoms with Gasteiger partial charge in [0.15, 0.2) is 0 Å². The minimum Gasteiger partial charge on any atom is -0.316 e. The fraction of sp³-hybridized carbons (Fsp3) is 0.500. The van der Waals surface area contributed by atoms with Crippen molar-refractivity contribution in [2.45, 2.75) is 32.5 Å². The Kier molecular flexibility index (Phi) is 4.32. The lowest BCUT2D eigenvalue weighted by atomic mass is 10.1. The third-order valence-corrected chi connectivity index (χ3v) is 3.40. The number of amides is 1. The molecule has 110 valence electrons. The first kappa shape index (κ1) is 14.8. The first-order valence-corrected chi connectivity index (χ1v) is 6.51. The van der Waals surface area contributed by atoms with Crippen LogP contribution < -0.4 is 5.32 Å². The summed E-state index contributed by atoms with van der Waals surface area (Å²) >= 11 is 0. The summed E-state index contributed by atoms with van der Waals surface area (Å²) in [5.41, 5.74) is 0.213. The predicted molar refractivity (Wildman–Crippen MR) is 68.6 cm³/mol. The highest BCUT2D eigenvalue weighted by molar-refractivity contribution is 5.84. The van der Waals surface area contributed by atoms with Crippen LogP contribution in [0.25, 0.3) is 0 Å². The van der Waals surface area contributed by atoms with Gasteiger partial charge in [-0.2, -0.15) is 0 Å². The number of carbonyl (C=O) groups excluding carboxylic acids is 1. The summed E-state index contributed by atoms with van der Waals surface area (Å²) < 4.78 is 39.2. The molecule has 1 amide bonds. The molecule has 0 spiro atoms. The second-order valence-electron chi connectivity index (χ2n) is 5.19. The lowest BCUT2D eigenvalue weighted by Gasteiger charge is -2.24. The molecule has 3 nitrogen and oxygen atoms in total. The Hall–Kier alpha value is -1.56. The van der Waals surface area contributed by atoms with Crippen molar-refractivity contribution in [1.82, 2.24) is 10.2 Å². The maximum Gasteiger partial charge on any atom is 0.255 e. The van der Waals surface area contributed by atoms with Gasteiger partial charge in [0.05, 0.1) is 12.6 Å². The normalized spacial score (nSPS) is 23.1. The van der Waals surface area contributed by atoms with Gasteiger partial charge in [0.1, 0.15) is 12.0 Å². The van der Waals surface area contributed by atoms with Crippen LogP contribution in [0.1, 0.15) is 25.6 Å². The average molecular weight is 286 g/mol. The van der Waals surface area contributed by atoms with Crippen LogP contribution in [0.15, 0.2) is 24.3 Å². The Morgan fingerprint density at radius 1 is 1.30 bits per heavy atom. The van der Waals surface area contributed by atoms with Crippen LogP contribution in [0.2, 0.25) is 0 Å². The van der Waals surface area contributed by atoms with Gasteiger partial charge in [-0.3, -0.25) is 10.1 Å². The van der Waals surface area contributed by atoms with Crippen LogP contribution >= 0.6 is 0 Å². The molecule has 1 aliphatic heterocycles. The van der Waals surface area contributed by atoms with Crippen LogP contribution in [-0.2, 0) is 4.79 Å². The second-order valence-corrected chi connectivity index (χ2v) is 5.19. The van der Waals surface area contributed by atoms with Gasteiger partial charge in [-0.05, 0) is 12.0 Å². The molecule has 0 aromatic heterocycles. The molecule has 0 saturated carbocycles. The molecule has 20 heavy (non-hydrogen) atoms. The summed E-state index contributed by atoms with van der Waals surface area (Å²) in [6.45, 7) is 2.94. The van der Waals surface area contributed by atoms with Gasteiger partial charge >= 0.3 is 0 Å². The number of benzene rings is 1. The summed E-state index contributed by atoms with van der Waals surface area (Å²) in [7, 11) is 0. The van der Waals surface area contributed by atoms with Gasteiger partial charge in [0.2, 0.25) is 5.91 Å². The maximum atomic E-state index is 13.8. The molecular weight excluding hydrogens is 269 g/mol. The molecule has 1 aromatic rings. The average Bonchev–Trinajstić information content (AvgIpc) is 2.67. The van der Waals surface area contributed by atoms with Gasteiger partial charge in [-0.15, -0.1) is 0 Å². The van der Waals surface area contributed by atoms with E-state index in [4.69, 9.17) is 0 Å². The van der Waals surface area contributed by atoms with Crippen LogP contribution in [0.3, 0.4) is 0 Å². The van der Waals surface area contributed by atoms with Gasteiger partial charge in [-0.25, -0.2) is 13.2 Å². The molecule has 1 aliphatic rings. The van der Waals surface area contributed by atoms with Crippen LogP contribution in [0.5, 0.6) is 0 Å². The van der Waals surface area contributed by atoms with Crippen molar-refractivity contribution in [3.63, 3.8) is 0 Å². The summed E-state index contributed by atoms with van der Waals surface area (Å²) in [6.07, 6.45) is -3.49. The smallest absolute Gasteiger partial charge is 0.255 e. The van der Waals surface area contributed by atoms with E-state index in [0.29, 0.717) is 0 Å². The zero-order valence-corrected chi connectivity index (χ0v) is 11.3. The number of nitrogens with one attached hydrogen (secondary N) is 1. The van der Waals surface area contributed by atoms with E-state index in [1.165, 1.54) is 18.2 Å². The van der Waals surface area contributed by atoms with E-state index in [1.807, 2.05) is 13.8 Å². The Labute approximate surface area is 115 Å². The largest absolute Gasteiger partial charge is 0.316 e. The van der Waals surface area contributed by atoms with E-state index in [1.54, 1.807) is 6.07 Å². The topological polar surface area (TPSA) is 32.3 Å². The lowest BCUT2D eigenvalue weighted by molar-refractivity contribution is -0.132. The molecule has 0 bridgehead atoms. The van der Waals surface area contributed by atoms with Gasteiger partial charge in [0.25, 0.3) is 6.43 Å². The molecule has 0 radical (unpaired) electrons. The predicted octanol–water partition coefficient (Wildman–Crippen LogP) is 2.55. The fourth-order valence-corrected chi connectivity index (χ4v) is 2.41. The van der Waals surface area contributed by atoms with E-state index in [0.717, 1.165) is 4.90 Å². The van der Waals surface area contributed by atoms with Crippen molar-refractivity contribution in [2.24, 2.45) is 5.92 Å². The second kappa shape index (κ2) is 5.83. The Bertz CT molecular complexity index is 493. The molecule has 2 unspecified atom stereocenters. The molecule has 2 rings (SSSR count). The first-order chi connectivity index (χ1) is 9.41. The number of hydrogen-bond donors (Lipinski definition) is 1. The van der Waals surface area contributed by atoms with Crippen LogP contribution in [0, 0.1) is 11.7 Å². The quantitative estimate of drug-likeness (QED) is 0.922. The highest BCUT2D eigenvalue weighted by Gasteiger charge is 2.42. The number of halogens is 3. The Morgan fingerprint density at radius 2 is 1.95 bits per heavy atom. The highest BCUT2D eigenvalue weighted by atomic mass is 19.3. The van der Waals surface area contributed by atoms with Crippen molar-refractivity contribution in [2.75, 3.05) is 6.54 Å². The summed E-state index contributed by atoms with van der Waals surface area (Å²) in [5.74, 6) is -0.977. The summed E-state index contributed by atoms with van der Waals surface area (Å²) in [4.78, 5) is 13.2. The van der Waals surface area contributed by atoms with Crippen molar-refractivity contribution in [1.29, 1.82) is 0 Å². The van der Waals surface area contributed by atoms with Gasteiger partial charge < -0.3 is 4.90 Å². The molecule has 2 atom stereocenters. The van der Waals surface area contributed by atoms with E-state index >= 15 is 0 Å². The summed E-state index contributed by atoms with van der Waals surface area (Å²) in [6, 6.07) is 5.32. The molecule has 1 saturated heterocycles. The van der Waals surface area contributed by atoms with Crippen LogP contribution in [0.4, 0.5) is 13.2 Å². The zero-order chi connectivity index (χ0) is 14.9. The minimum atomic E-state index is -2.65. The number of carbonyl (C=O) groups is 1. The molecule has 1 aromatic carbocycles. The first-order valence-electron chi connectivity index (χ1n) is 6.51. The standard InChI is InChI=1S/C14H17F3N2O/c1-8(2)12-14(20)19(7-11(16)17)13(18-12)9-5-3-4-6-10(9)15/h3-6,8,11-13,18H,7H2,1-2H3. The van der Waals surface area contributed by atoms with Gasteiger partial charge in [0, 0.05) is 5.56 Å².